The first-order valence-electron chi connectivity index (χ1n) is 9.62. The molecule has 3 rings (SSSR count). The Balaban J connectivity index is 2.51. The fourth-order valence-corrected chi connectivity index (χ4v) is 3.48. The highest BCUT2D eigenvalue weighted by Gasteiger charge is 2.32. The molecule has 0 saturated carbocycles. The molecule has 0 bridgehead atoms. The Labute approximate surface area is 185 Å². The molecule has 0 atom stereocenters. The Bertz CT molecular complexity index is 1150. The van der Waals surface area contributed by atoms with Crippen molar-refractivity contribution < 1.29 is 33.3 Å². The van der Waals surface area contributed by atoms with Crippen LogP contribution in [0.2, 0.25) is 0 Å². The molecule has 0 fully saturated rings. The molecule has 7 nitrogen and oxygen atoms in total. The van der Waals surface area contributed by atoms with E-state index in [0.29, 0.717) is 22.4 Å². The zero-order valence-corrected chi connectivity index (χ0v) is 18.1. The second kappa shape index (κ2) is 9.78. The number of carbonyl (C=O) groups is 3. The van der Waals surface area contributed by atoms with Crippen LogP contribution in [-0.4, -0.2) is 46.3 Å². The molecule has 0 N–H and O–H groups in total. The molecule has 3 aromatic rings. The lowest BCUT2D eigenvalue weighted by Gasteiger charge is -2.20. The van der Waals surface area contributed by atoms with Gasteiger partial charge in [-0.3, -0.25) is 0 Å². The van der Waals surface area contributed by atoms with Crippen LogP contribution in [0.1, 0.15) is 31.1 Å². The lowest BCUT2D eigenvalue weighted by atomic mass is 9.85. The Hall–Kier alpha value is -4.13. The van der Waals surface area contributed by atoms with Crippen LogP contribution in [0.4, 0.5) is 0 Å². The van der Waals surface area contributed by atoms with Gasteiger partial charge >= 0.3 is 17.9 Å². The zero-order valence-electron chi connectivity index (χ0n) is 18.1. The van der Waals surface area contributed by atoms with Crippen molar-refractivity contribution in [2.24, 2.45) is 0 Å². The summed E-state index contributed by atoms with van der Waals surface area (Å²) in [5.74, 6) is -1.59. The van der Waals surface area contributed by atoms with Crippen LogP contribution in [-0.2, 0) is 14.2 Å². The maximum atomic E-state index is 13.0. The van der Waals surface area contributed by atoms with E-state index in [9.17, 15) is 14.4 Å². The first-order chi connectivity index (χ1) is 15.5. The minimum absolute atomic E-state index is 0.0176. The van der Waals surface area contributed by atoms with Gasteiger partial charge in [-0.1, -0.05) is 42.5 Å². The summed E-state index contributed by atoms with van der Waals surface area (Å²) in [6.45, 7) is 0. The van der Waals surface area contributed by atoms with Crippen LogP contribution < -0.4 is 4.74 Å². The number of methoxy groups -OCH3 is 4. The molecule has 3 aromatic carbocycles. The summed E-state index contributed by atoms with van der Waals surface area (Å²) < 4.78 is 20.2. The maximum Gasteiger partial charge on any atom is 0.339 e. The predicted octanol–water partition coefficient (Wildman–Crippen LogP) is 4.39. The number of rotatable bonds is 6. The van der Waals surface area contributed by atoms with Crippen molar-refractivity contribution in [1.29, 1.82) is 0 Å². The monoisotopic (exact) mass is 434 g/mol. The number of esters is 3. The van der Waals surface area contributed by atoms with Crippen LogP contribution in [0.3, 0.4) is 0 Å². The number of benzene rings is 3. The minimum atomic E-state index is -0.787. The van der Waals surface area contributed by atoms with Gasteiger partial charge in [0.15, 0.2) is 0 Å². The van der Waals surface area contributed by atoms with Gasteiger partial charge in [-0.05, 0) is 34.9 Å². The van der Waals surface area contributed by atoms with Gasteiger partial charge < -0.3 is 18.9 Å². The molecule has 7 heteroatoms. The summed E-state index contributed by atoms with van der Waals surface area (Å²) in [5.41, 5.74) is 1.66. The average Bonchev–Trinajstić information content (AvgIpc) is 2.86. The summed E-state index contributed by atoms with van der Waals surface area (Å²) in [5, 5.41) is 0. The fourth-order valence-electron chi connectivity index (χ4n) is 3.48. The average molecular weight is 434 g/mol. The van der Waals surface area contributed by atoms with E-state index in [2.05, 4.69) is 0 Å². The van der Waals surface area contributed by atoms with Crippen LogP contribution in [0, 0.1) is 0 Å². The molecule has 0 heterocycles. The number of hydrogen-bond acceptors (Lipinski definition) is 7. The first-order valence-corrected chi connectivity index (χ1v) is 9.62. The summed E-state index contributed by atoms with van der Waals surface area (Å²) in [6.07, 6.45) is 0. The molecule has 0 aliphatic carbocycles. The third-order valence-electron chi connectivity index (χ3n) is 4.98. The normalized spacial score (nSPS) is 10.2. The second-order valence-corrected chi connectivity index (χ2v) is 6.67. The van der Waals surface area contributed by atoms with Crippen molar-refractivity contribution in [3.63, 3.8) is 0 Å². The third-order valence-corrected chi connectivity index (χ3v) is 4.98. The van der Waals surface area contributed by atoms with Crippen LogP contribution in [0.5, 0.6) is 5.75 Å². The van der Waals surface area contributed by atoms with E-state index in [1.807, 2.05) is 0 Å². The van der Waals surface area contributed by atoms with Crippen LogP contribution in [0.15, 0.2) is 60.7 Å². The highest BCUT2D eigenvalue weighted by Crippen LogP contribution is 2.38. The van der Waals surface area contributed by atoms with Crippen molar-refractivity contribution in [2.45, 2.75) is 0 Å². The van der Waals surface area contributed by atoms with Crippen LogP contribution >= 0.6 is 0 Å². The van der Waals surface area contributed by atoms with Crippen molar-refractivity contribution in [1.82, 2.24) is 0 Å². The number of carbonyl (C=O) groups excluding carboxylic acids is 3. The van der Waals surface area contributed by atoms with Crippen molar-refractivity contribution in [3.05, 3.63) is 77.4 Å². The van der Waals surface area contributed by atoms with E-state index in [0.717, 1.165) is 0 Å². The number of hydrogen-bond donors (Lipinski definition) is 0. The van der Waals surface area contributed by atoms with Gasteiger partial charge in [0.2, 0.25) is 0 Å². The van der Waals surface area contributed by atoms with Gasteiger partial charge in [-0.2, -0.15) is 0 Å². The second-order valence-electron chi connectivity index (χ2n) is 6.67. The third kappa shape index (κ3) is 4.18. The topological polar surface area (TPSA) is 88.1 Å². The van der Waals surface area contributed by atoms with E-state index in [1.54, 1.807) is 54.6 Å². The quantitative estimate of drug-likeness (QED) is 0.420. The van der Waals surface area contributed by atoms with E-state index in [4.69, 9.17) is 18.9 Å². The standard InChI is InChI=1S/C25H22O7/c1-29-17-12-10-15(11-13-17)18-14-19(23(26)30-2)20(16-8-6-5-7-9-16)22(25(28)32-4)21(18)24(27)31-3/h5-14H,1-4H3. The molecule has 0 aromatic heterocycles. The Kier molecular flexibility index (Phi) is 6.90. The van der Waals surface area contributed by atoms with Gasteiger partial charge in [-0.15, -0.1) is 0 Å². The summed E-state index contributed by atoms with van der Waals surface area (Å²) in [4.78, 5) is 38.7. The summed E-state index contributed by atoms with van der Waals surface area (Å²) in [6, 6.07) is 17.1. The lowest BCUT2D eigenvalue weighted by Crippen LogP contribution is -2.18. The minimum Gasteiger partial charge on any atom is -0.497 e. The molecule has 0 radical (unpaired) electrons. The first kappa shape index (κ1) is 22.6. The van der Waals surface area contributed by atoms with Crippen LogP contribution in [0.25, 0.3) is 22.3 Å². The maximum absolute atomic E-state index is 13.0. The van der Waals surface area contributed by atoms with Gasteiger partial charge in [0.1, 0.15) is 5.75 Å². The molecule has 0 amide bonds. The van der Waals surface area contributed by atoms with E-state index < -0.39 is 17.9 Å². The largest absolute Gasteiger partial charge is 0.497 e. The Morgan fingerprint density at radius 1 is 0.625 bits per heavy atom. The van der Waals surface area contributed by atoms with E-state index in [1.165, 1.54) is 34.5 Å². The van der Waals surface area contributed by atoms with Gasteiger partial charge in [0.25, 0.3) is 0 Å². The Morgan fingerprint density at radius 2 is 1.19 bits per heavy atom. The van der Waals surface area contributed by atoms with Gasteiger partial charge in [0, 0.05) is 5.56 Å². The van der Waals surface area contributed by atoms with Crippen molar-refractivity contribution >= 4 is 17.9 Å². The molecule has 0 aliphatic heterocycles. The summed E-state index contributed by atoms with van der Waals surface area (Å²) >= 11 is 0. The molecule has 0 saturated heterocycles. The molecular weight excluding hydrogens is 412 g/mol. The van der Waals surface area contributed by atoms with Crippen molar-refractivity contribution in [2.75, 3.05) is 28.4 Å². The molecular formula is C25H22O7. The zero-order chi connectivity index (χ0) is 23.3. The SMILES string of the molecule is COC(=O)c1cc(-c2ccc(OC)cc2)c(C(=O)OC)c(C(=O)OC)c1-c1ccccc1. The fraction of sp³-hybridized carbons (Fsp3) is 0.160. The highest BCUT2D eigenvalue weighted by atomic mass is 16.5. The van der Waals surface area contributed by atoms with E-state index in [-0.39, 0.29) is 22.3 Å². The molecule has 0 spiro atoms. The predicted molar refractivity (Wildman–Crippen MR) is 118 cm³/mol. The highest BCUT2D eigenvalue weighted by molar-refractivity contribution is 6.16. The van der Waals surface area contributed by atoms with Crippen molar-refractivity contribution in [3.8, 4) is 28.0 Å². The number of ether oxygens (including phenoxy) is 4. The van der Waals surface area contributed by atoms with Gasteiger partial charge in [0.05, 0.1) is 45.1 Å². The molecule has 164 valence electrons. The molecule has 0 aliphatic rings. The Morgan fingerprint density at radius 3 is 1.72 bits per heavy atom. The van der Waals surface area contributed by atoms with E-state index >= 15 is 0 Å². The smallest absolute Gasteiger partial charge is 0.339 e. The summed E-state index contributed by atoms with van der Waals surface area (Å²) in [7, 11) is 5.21. The van der Waals surface area contributed by atoms with Gasteiger partial charge in [-0.25, -0.2) is 14.4 Å². The molecule has 0 unspecified atom stereocenters. The molecule has 32 heavy (non-hydrogen) atoms. The lowest BCUT2D eigenvalue weighted by molar-refractivity contribution is 0.0554.